The maximum absolute atomic E-state index is 12.8. The Kier molecular flexibility index (Phi) is 4.29. The molecule has 0 radical (unpaired) electrons. The van der Waals surface area contributed by atoms with E-state index in [2.05, 4.69) is 41.8 Å². The number of amides is 1. The molecule has 3 rings (SSSR count). The van der Waals surface area contributed by atoms with Gasteiger partial charge in [0.05, 0.1) is 5.41 Å². The Balaban J connectivity index is 1.61. The van der Waals surface area contributed by atoms with Crippen LogP contribution in [0.1, 0.15) is 44.1 Å². The molecule has 3 nitrogen and oxygen atoms in total. The molecule has 1 heterocycles. The Morgan fingerprint density at radius 1 is 1.38 bits per heavy atom. The zero-order valence-corrected chi connectivity index (χ0v) is 12.9. The summed E-state index contributed by atoms with van der Waals surface area (Å²) in [5.74, 6) is 1.18. The number of benzene rings is 1. The fourth-order valence-electron chi connectivity index (χ4n) is 4.01. The van der Waals surface area contributed by atoms with Crippen molar-refractivity contribution in [2.24, 2.45) is 11.3 Å². The highest BCUT2D eigenvalue weighted by Crippen LogP contribution is 2.43. The average molecular weight is 286 g/mol. The zero-order chi connectivity index (χ0) is 14.7. The zero-order valence-electron chi connectivity index (χ0n) is 12.9. The van der Waals surface area contributed by atoms with E-state index in [0.29, 0.717) is 11.8 Å². The van der Waals surface area contributed by atoms with E-state index in [-0.39, 0.29) is 11.3 Å². The molecule has 1 saturated heterocycles. The molecule has 2 N–H and O–H groups in total. The molecule has 3 heteroatoms. The first kappa shape index (κ1) is 14.6. The minimum absolute atomic E-state index is 0.130. The van der Waals surface area contributed by atoms with E-state index in [4.69, 9.17) is 0 Å². The highest BCUT2D eigenvalue weighted by Gasteiger charge is 2.49. The van der Waals surface area contributed by atoms with E-state index in [1.807, 2.05) is 6.07 Å². The lowest BCUT2D eigenvalue weighted by molar-refractivity contribution is -0.134. The number of rotatable bonds is 4. The number of fused-ring (bicyclic) bond motifs is 1. The van der Waals surface area contributed by atoms with Gasteiger partial charge in [-0.3, -0.25) is 4.79 Å². The SMILES string of the molecule is CC(CNC(=O)[C@@]12CCCC[C@H]1CNC2)c1ccccc1. The Morgan fingerprint density at radius 2 is 2.19 bits per heavy atom. The van der Waals surface area contributed by atoms with Crippen molar-refractivity contribution in [1.82, 2.24) is 10.6 Å². The van der Waals surface area contributed by atoms with Crippen molar-refractivity contribution in [2.75, 3.05) is 19.6 Å². The van der Waals surface area contributed by atoms with E-state index in [0.717, 1.165) is 26.1 Å². The topological polar surface area (TPSA) is 41.1 Å². The predicted molar refractivity (Wildman–Crippen MR) is 85.1 cm³/mol. The smallest absolute Gasteiger partial charge is 0.227 e. The van der Waals surface area contributed by atoms with Gasteiger partial charge in [-0.1, -0.05) is 50.1 Å². The summed E-state index contributed by atoms with van der Waals surface area (Å²) in [5.41, 5.74) is 1.16. The molecule has 1 unspecified atom stereocenters. The van der Waals surface area contributed by atoms with Gasteiger partial charge in [0.2, 0.25) is 5.91 Å². The van der Waals surface area contributed by atoms with Crippen molar-refractivity contribution >= 4 is 5.91 Å². The first-order valence-electron chi connectivity index (χ1n) is 8.26. The predicted octanol–water partition coefficient (Wildman–Crippen LogP) is 2.69. The van der Waals surface area contributed by atoms with Crippen molar-refractivity contribution in [3.63, 3.8) is 0 Å². The second-order valence-corrected chi connectivity index (χ2v) is 6.75. The van der Waals surface area contributed by atoms with Gasteiger partial charge in [0.15, 0.2) is 0 Å². The largest absolute Gasteiger partial charge is 0.355 e. The number of hydrogen-bond donors (Lipinski definition) is 2. The summed E-state index contributed by atoms with van der Waals surface area (Å²) in [6.45, 7) is 4.79. The lowest BCUT2D eigenvalue weighted by Crippen LogP contribution is -2.48. The van der Waals surface area contributed by atoms with Crippen LogP contribution in [0.15, 0.2) is 30.3 Å². The van der Waals surface area contributed by atoms with Crippen LogP contribution < -0.4 is 10.6 Å². The van der Waals surface area contributed by atoms with Gasteiger partial charge in [0.25, 0.3) is 0 Å². The summed E-state index contributed by atoms with van der Waals surface area (Å²) in [7, 11) is 0. The monoisotopic (exact) mass is 286 g/mol. The molecular formula is C18H26N2O. The lowest BCUT2D eigenvalue weighted by atomic mass is 9.67. The fraction of sp³-hybridized carbons (Fsp3) is 0.611. The van der Waals surface area contributed by atoms with E-state index in [1.165, 1.54) is 24.8 Å². The minimum Gasteiger partial charge on any atom is -0.355 e. The first-order chi connectivity index (χ1) is 10.2. The minimum atomic E-state index is -0.130. The van der Waals surface area contributed by atoms with Crippen molar-refractivity contribution in [3.05, 3.63) is 35.9 Å². The summed E-state index contributed by atoms with van der Waals surface area (Å²) in [6, 6.07) is 10.4. The summed E-state index contributed by atoms with van der Waals surface area (Å²) >= 11 is 0. The highest BCUT2D eigenvalue weighted by atomic mass is 16.2. The van der Waals surface area contributed by atoms with Crippen LogP contribution in [-0.2, 0) is 4.79 Å². The molecule has 1 aromatic carbocycles. The second kappa shape index (κ2) is 6.18. The molecule has 2 aliphatic rings. The number of carbonyl (C=O) groups is 1. The van der Waals surface area contributed by atoms with E-state index in [1.54, 1.807) is 0 Å². The van der Waals surface area contributed by atoms with Crippen LogP contribution in [-0.4, -0.2) is 25.5 Å². The molecule has 1 amide bonds. The first-order valence-corrected chi connectivity index (χ1v) is 8.26. The van der Waals surface area contributed by atoms with Crippen molar-refractivity contribution in [1.29, 1.82) is 0 Å². The molecule has 1 saturated carbocycles. The Morgan fingerprint density at radius 3 is 3.00 bits per heavy atom. The van der Waals surface area contributed by atoms with E-state index >= 15 is 0 Å². The molecule has 21 heavy (non-hydrogen) atoms. The Bertz CT molecular complexity index is 487. The van der Waals surface area contributed by atoms with Gasteiger partial charge in [-0.05, 0) is 36.8 Å². The molecule has 3 atom stereocenters. The van der Waals surface area contributed by atoms with Gasteiger partial charge >= 0.3 is 0 Å². The lowest BCUT2D eigenvalue weighted by Gasteiger charge is -2.37. The van der Waals surface area contributed by atoms with Gasteiger partial charge in [0.1, 0.15) is 0 Å². The Labute approximate surface area is 127 Å². The van der Waals surface area contributed by atoms with Crippen LogP contribution >= 0.6 is 0 Å². The summed E-state index contributed by atoms with van der Waals surface area (Å²) < 4.78 is 0. The molecule has 114 valence electrons. The molecule has 2 fully saturated rings. The van der Waals surface area contributed by atoms with Crippen LogP contribution in [0.5, 0.6) is 0 Å². The molecule has 1 aliphatic carbocycles. The highest BCUT2D eigenvalue weighted by molar-refractivity contribution is 5.84. The van der Waals surface area contributed by atoms with E-state index in [9.17, 15) is 4.79 Å². The van der Waals surface area contributed by atoms with Gasteiger partial charge in [0, 0.05) is 13.1 Å². The third-order valence-corrected chi connectivity index (χ3v) is 5.43. The maximum Gasteiger partial charge on any atom is 0.227 e. The molecule has 1 aromatic rings. The standard InChI is InChI=1S/C18H26N2O/c1-14(15-7-3-2-4-8-15)11-20-17(21)18-10-6-5-9-16(18)12-19-13-18/h2-4,7-8,14,16,19H,5-6,9-13H2,1H3,(H,20,21)/t14?,16-,18+/m0/s1. The number of carbonyl (C=O) groups excluding carboxylic acids is 1. The fourth-order valence-corrected chi connectivity index (χ4v) is 4.01. The second-order valence-electron chi connectivity index (χ2n) is 6.75. The molecule has 0 aromatic heterocycles. The van der Waals surface area contributed by atoms with Gasteiger partial charge in [-0.15, -0.1) is 0 Å². The van der Waals surface area contributed by atoms with Crippen molar-refractivity contribution in [2.45, 2.75) is 38.5 Å². The van der Waals surface area contributed by atoms with Crippen LogP contribution in [0.4, 0.5) is 0 Å². The van der Waals surface area contributed by atoms with Gasteiger partial charge < -0.3 is 10.6 Å². The van der Waals surface area contributed by atoms with E-state index < -0.39 is 0 Å². The van der Waals surface area contributed by atoms with Crippen LogP contribution in [0.3, 0.4) is 0 Å². The molecular weight excluding hydrogens is 260 g/mol. The molecule has 1 aliphatic heterocycles. The average Bonchev–Trinajstić information content (AvgIpc) is 2.98. The third kappa shape index (κ3) is 2.84. The summed E-state index contributed by atoms with van der Waals surface area (Å²) in [6.07, 6.45) is 4.73. The van der Waals surface area contributed by atoms with Crippen molar-refractivity contribution in [3.8, 4) is 0 Å². The summed E-state index contributed by atoms with van der Waals surface area (Å²) in [4.78, 5) is 12.8. The van der Waals surface area contributed by atoms with Gasteiger partial charge in [-0.2, -0.15) is 0 Å². The Hall–Kier alpha value is -1.35. The number of nitrogens with one attached hydrogen (secondary N) is 2. The molecule has 0 bridgehead atoms. The van der Waals surface area contributed by atoms with Crippen LogP contribution in [0.2, 0.25) is 0 Å². The van der Waals surface area contributed by atoms with Crippen molar-refractivity contribution < 1.29 is 4.79 Å². The van der Waals surface area contributed by atoms with Crippen LogP contribution in [0, 0.1) is 11.3 Å². The third-order valence-electron chi connectivity index (χ3n) is 5.43. The van der Waals surface area contributed by atoms with Crippen LogP contribution in [0.25, 0.3) is 0 Å². The normalized spacial score (nSPS) is 29.7. The maximum atomic E-state index is 12.8. The van der Waals surface area contributed by atoms with Gasteiger partial charge in [-0.25, -0.2) is 0 Å². The molecule has 0 spiro atoms. The summed E-state index contributed by atoms with van der Waals surface area (Å²) in [5, 5.41) is 6.68. The quantitative estimate of drug-likeness (QED) is 0.893. The number of hydrogen-bond acceptors (Lipinski definition) is 2.